The summed E-state index contributed by atoms with van der Waals surface area (Å²) in [6.07, 6.45) is 0.840. The maximum atomic E-state index is 11.1. The van der Waals surface area contributed by atoms with Crippen LogP contribution in [0.4, 0.5) is 0 Å². The van der Waals surface area contributed by atoms with E-state index in [0.29, 0.717) is 0 Å². The van der Waals surface area contributed by atoms with E-state index in [1.54, 1.807) is 0 Å². The lowest BCUT2D eigenvalue weighted by Gasteiger charge is -2.11. The molecule has 0 spiro atoms. The number of carbonyl (C=O) groups is 1. The average Bonchev–Trinajstić information content (AvgIpc) is 2.00. The van der Waals surface area contributed by atoms with E-state index < -0.39 is 6.04 Å². The van der Waals surface area contributed by atoms with Crippen LogP contribution in [0.2, 0.25) is 0 Å². The Hall–Kier alpha value is -0.410. The van der Waals surface area contributed by atoms with E-state index in [2.05, 4.69) is 0 Å². The molecule has 0 aromatic carbocycles. The molecular weight excluding hydrogens is 128 g/mol. The van der Waals surface area contributed by atoms with Crippen LogP contribution in [0.15, 0.2) is 0 Å². The summed E-state index contributed by atoms with van der Waals surface area (Å²) in [6.45, 7) is 4.09. The van der Waals surface area contributed by atoms with Crippen molar-refractivity contribution in [3.05, 3.63) is 0 Å². The number of hydrogen-bond donors (Lipinski definition) is 2. The van der Waals surface area contributed by atoms with Crippen molar-refractivity contribution in [2.45, 2.75) is 26.3 Å². The van der Waals surface area contributed by atoms with Gasteiger partial charge in [0.1, 0.15) is 0 Å². The van der Waals surface area contributed by atoms with E-state index in [9.17, 15) is 4.79 Å². The van der Waals surface area contributed by atoms with Gasteiger partial charge in [0.2, 0.25) is 0 Å². The maximum Gasteiger partial charge on any atom is 0.153 e. The number of rotatable bonds is 4. The number of nitrogens with two attached hydrogens (primary N) is 2. The summed E-state index contributed by atoms with van der Waals surface area (Å²) in [5.41, 5.74) is 10.6. The zero-order chi connectivity index (χ0) is 8.15. The predicted octanol–water partition coefficient (Wildman–Crippen LogP) is -0.112. The molecule has 2 atom stereocenters. The van der Waals surface area contributed by atoms with Gasteiger partial charge in [-0.2, -0.15) is 0 Å². The molecule has 0 bridgehead atoms. The summed E-state index contributed by atoms with van der Waals surface area (Å²) in [5, 5.41) is 0. The number of ketones is 1. The molecule has 0 aliphatic rings. The first-order valence-corrected chi connectivity index (χ1v) is 3.62. The largest absolute Gasteiger partial charge is 0.328 e. The van der Waals surface area contributed by atoms with Gasteiger partial charge >= 0.3 is 0 Å². The smallest absolute Gasteiger partial charge is 0.153 e. The first-order chi connectivity index (χ1) is 4.63. The minimum absolute atomic E-state index is 0.0542. The Bertz CT molecular complexity index is 102. The van der Waals surface area contributed by atoms with Crippen LogP contribution in [0.1, 0.15) is 20.3 Å². The second-order valence-electron chi connectivity index (χ2n) is 2.55. The highest BCUT2D eigenvalue weighted by Gasteiger charge is 2.16. The SMILES string of the molecule is CCC(C)C(=O)[C@H](N)CN. The Kier molecular flexibility index (Phi) is 4.23. The van der Waals surface area contributed by atoms with Gasteiger partial charge in [0.15, 0.2) is 5.78 Å². The van der Waals surface area contributed by atoms with Crippen LogP contribution in [0.25, 0.3) is 0 Å². The Morgan fingerprint density at radius 1 is 1.60 bits per heavy atom. The first kappa shape index (κ1) is 9.59. The molecule has 0 aliphatic heterocycles. The molecule has 0 aromatic heterocycles. The second-order valence-corrected chi connectivity index (χ2v) is 2.55. The van der Waals surface area contributed by atoms with E-state index in [-0.39, 0.29) is 18.2 Å². The molecule has 0 saturated carbocycles. The quantitative estimate of drug-likeness (QED) is 0.578. The van der Waals surface area contributed by atoms with Crippen LogP contribution in [0.5, 0.6) is 0 Å². The highest BCUT2D eigenvalue weighted by atomic mass is 16.1. The topological polar surface area (TPSA) is 69.1 Å². The first-order valence-electron chi connectivity index (χ1n) is 3.62. The molecule has 0 fully saturated rings. The fourth-order valence-corrected chi connectivity index (χ4v) is 0.683. The molecule has 0 amide bonds. The highest BCUT2D eigenvalue weighted by molar-refractivity contribution is 5.85. The molecular formula is C7H16N2O. The molecule has 10 heavy (non-hydrogen) atoms. The van der Waals surface area contributed by atoms with Crippen molar-refractivity contribution in [2.24, 2.45) is 17.4 Å². The summed E-state index contributed by atoms with van der Waals surface area (Å²) >= 11 is 0. The van der Waals surface area contributed by atoms with Gasteiger partial charge in [-0.05, 0) is 6.42 Å². The van der Waals surface area contributed by atoms with Crippen molar-refractivity contribution >= 4 is 5.78 Å². The van der Waals surface area contributed by atoms with E-state index >= 15 is 0 Å². The summed E-state index contributed by atoms with van der Waals surface area (Å²) in [4.78, 5) is 11.1. The van der Waals surface area contributed by atoms with E-state index in [4.69, 9.17) is 11.5 Å². The van der Waals surface area contributed by atoms with Crippen molar-refractivity contribution in [3.63, 3.8) is 0 Å². The third-order valence-electron chi connectivity index (χ3n) is 1.72. The number of carbonyl (C=O) groups excluding carboxylic acids is 1. The number of hydrogen-bond acceptors (Lipinski definition) is 3. The van der Waals surface area contributed by atoms with Gasteiger partial charge in [0.25, 0.3) is 0 Å². The van der Waals surface area contributed by atoms with E-state index in [0.717, 1.165) is 6.42 Å². The van der Waals surface area contributed by atoms with Crippen LogP contribution in [-0.4, -0.2) is 18.4 Å². The van der Waals surface area contributed by atoms with Gasteiger partial charge in [-0.15, -0.1) is 0 Å². The zero-order valence-corrected chi connectivity index (χ0v) is 6.63. The molecule has 4 N–H and O–H groups in total. The van der Waals surface area contributed by atoms with E-state index in [1.807, 2.05) is 13.8 Å². The van der Waals surface area contributed by atoms with Crippen LogP contribution in [-0.2, 0) is 4.79 Å². The minimum atomic E-state index is -0.463. The molecule has 0 aromatic rings. The van der Waals surface area contributed by atoms with Gasteiger partial charge in [0.05, 0.1) is 6.04 Å². The molecule has 3 heteroatoms. The third kappa shape index (κ3) is 2.45. The van der Waals surface area contributed by atoms with Crippen LogP contribution < -0.4 is 11.5 Å². The van der Waals surface area contributed by atoms with Gasteiger partial charge < -0.3 is 11.5 Å². The summed E-state index contributed by atoms with van der Waals surface area (Å²) in [6, 6.07) is -0.463. The monoisotopic (exact) mass is 144 g/mol. The second kappa shape index (κ2) is 4.41. The molecule has 0 heterocycles. The lowest BCUT2D eigenvalue weighted by Crippen LogP contribution is -2.40. The molecule has 3 nitrogen and oxygen atoms in total. The lowest BCUT2D eigenvalue weighted by atomic mass is 9.98. The van der Waals surface area contributed by atoms with Crippen LogP contribution in [0, 0.1) is 5.92 Å². The van der Waals surface area contributed by atoms with Crippen molar-refractivity contribution < 1.29 is 4.79 Å². The van der Waals surface area contributed by atoms with Crippen molar-refractivity contribution in [1.29, 1.82) is 0 Å². The summed E-state index contributed by atoms with van der Waals surface area (Å²) < 4.78 is 0. The maximum absolute atomic E-state index is 11.1. The van der Waals surface area contributed by atoms with Crippen LogP contribution in [0.3, 0.4) is 0 Å². The lowest BCUT2D eigenvalue weighted by molar-refractivity contribution is -0.123. The van der Waals surface area contributed by atoms with Crippen molar-refractivity contribution in [2.75, 3.05) is 6.54 Å². The summed E-state index contributed by atoms with van der Waals surface area (Å²) in [5.74, 6) is 0.128. The molecule has 0 rings (SSSR count). The summed E-state index contributed by atoms with van der Waals surface area (Å²) in [7, 11) is 0. The predicted molar refractivity (Wildman–Crippen MR) is 41.5 cm³/mol. The van der Waals surface area contributed by atoms with Gasteiger partial charge in [0, 0.05) is 12.5 Å². The fraction of sp³-hybridized carbons (Fsp3) is 0.857. The Labute approximate surface area is 61.8 Å². The molecule has 0 radical (unpaired) electrons. The van der Waals surface area contributed by atoms with E-state index in [1.165, 1.54) is 0 Å². The standard InChI is InChI=1S/C7H16N2O/c1-3-5(2)7(10)6(9)4-8/h5-6H,3-4,8-9H2,1-2H3/t5?,6-/m1/s1. The minimum Gasteiger partial charge on any atom is -0.328 e. The van der Waals surface area contributed by atoms with Gasteiger partial charge in [-0.25, -0.2) is 0 Å². The highest BCUT2D eigenvalue weighted by Crippen LogP contribution is 2.03. The molecule has 1 unspecified atom stereocenters. The molecule has 0 aliphatic carbocycles. The molecule has 0 saturated heterocycles. The van der Waals surface area contributed by atoms with Crippen molar-refractivity contribution in [3.8, 4) is 0 Å². The fourth-order valence-electron chi connectivity index (χ4n) is 0.683. The Morgan fingerprint density at radius 3 is 2.40 bits per heavy atom. The van der Waals surface area contributed by atoms with Gasteiger partial charge in [-0.3, -0.25) is 4.79 Å². The third-order valence-corrected chi connectivity index (χ3v) is 1.72. The van der Waals surface area contributed by atoms with Gasteiger partial charge in [-0.1, -0.05) is 13.8 Å². The average molecular weight is 144 g/mol. The Balaban J connectivity index is 3.82. The number of Topliss-reactive ketones (excluding diaryl/α,β-unsaturated/α-hetero) is 1. The molecule has 60 valence electrons. The normalized spacial score (nSPS) is 16.4. The van der Waals surface area contributed by atoms with Crippen molar-refractivity contribution in [1.82, 2.24) is 0 Å². The Morgan fingerprint density at radius 2 is 2.10 bits per heavy atom. The van der Waals surface area contributed by atoms with Crippen LogP contribution >= 0.6 is 0 Å². The zero-order valence-electron chi connectivity index (χ0n) is 6.63.